The van der Waals surface area contributed by atoms with Crippen LogP contribution in [0.15, 0.2) is 83.8 Å². The van der Waals surface area contributed by atoms with Crippen molar-refractivity contribution in [2.75, 3.05) is 0 Å². The fourth-order valence-electron chi connectivity index (χ4n) is 5.56. The molecule has 3 heterocycles. The number of rotatable bonds is 5. The van der Waals surface area contributed by atoms with E-state index >= 15 is 0 Å². The maximum absolute atomic E-state index is 14.2. The summed E-state index contributed by atoms with van der Waals surface area (Å²) < 4.78 is 42.4. The summed E-state index contributed by atoms with van der Waals surface area (Å²) in [6, 6.07) is 14.0. The molecule has 1 fully saturated rings. The van der Waals surface area contributed by atoms with Crippen LogP contribution < -0.4 is 0 Å². The highest BCUT2D eigenvalue weighted by atomic mass is 35.5. The Morgan fingerprint density at radius 2 is 1.87 bits per heavy atom. The molecule has 10 heteroatoms. The fourth-order valence-corrected chi connectivity index (χ4v) is 7.42. The molecule has 0 spiro atoms. The Kier molecular flexibility index (Phi) is 6.00. The van der Waals surface area contributed by atoms with Gasteiger partial charge in [0.2, 0.25) is 0 Å². The molecule has 4 aromatic rings. The molecule has 0 saturated heterocycles. The second-order valence-corrected chi connectivity index (χ2v) is 12.3. The number of ketones is 1. The number of hydrogen-bond donors (Lipinski definition) is 0. The molecule has 0 bridgehead atoms. The molecule has 0 unspecified atom stereocenters. The highest BCUT2D eigenvalue weighted by Crippen LogP contribution is 2.51. The van der Waals surface area contributed by atoms with Crippen LogP contribution >= 0.6 is 11.6 Å². The SMILES string of the molecule is O=C(c1ccc(Cl)cn1)[C@]12Cc3cnn(-c4ccc(F)cc4)c3C=C1CC[C@H](S(=O)(=O)c1ccccn1)C2. The molecule has 0 aliphatic heterocycles. The summed E-state index contributed by atoms with van der Waals surface area (Å²) in [5.74, 6) is -0.595. The van der Waals surface area contributed by atoms with Crippen molar-refractivity contribution in [1.82, 2.24) is 19.7 Å². The van der Waals surface area contributed by atoms with E-state index in [-0.39, 0.29) is 35.2 Å². The van der Waals surface area contributed by atoms with Crippen molar-refractivity contribution in [2.24, 2.45) is 5.41 Å². The first-order valence-corrected chi connectivity index (χ1v) is 14.1. The van der Waals surface area contributed by atoms with E-state index in [9.17, 15) is 17.6 Å². The van der Waals surface area contributed by atoms with Crippen LogP contribution in [0.5, 0.6) is 0 Å². The van der Waals surface area contributed by atoms with Crippen molar-refractivity contribution in [3.05, 3.63) is 107 Å². The maximum Gasteiger partial charge on any atom is 0.198 e. The van der Waals surface area contributed by atoms with Gasteiger partial charge in [-0.1, -0.05) is 23.2 Å². The number of nitrogens with zero attached hydrogens (tertiary/aromatic N) is 4. The maximum atomic E-state index is 14.2. The monoisotopic (exact) mass is 548 g/mol. The number of benzene rings is 1. The lowest BCUT2D eigenvalue weighted by Crippen LogP contribution is -2.46. The van der Waals surface area contributed by atoms with Crippen molar-refractivity contribution in [3.63, 3.8) is 0 Å². The summed E-state index contributed by atoms with van der Waals surface area (Å²) in [4.78, 5) is 22.5. The third-order valence-electron chi connectivity index (χ3n) is 7.45. The van der Waals surface area contributed by atoms with Gasteiger partial charge in [-0.05, 0) is 85.9 Å². The van der Waals surface area contributed by atoms with E-state index in [0.717, 1.165) is 16.8 Å². The summed E-state index contributed by atoms with van der Waals surface area (Å²) in [5, 5.41) is 4.14. The minimum atomic E-state index is -3.78. The van der Waals surface area contributed by atoms with Crippen molar-refractivity contribution in [1.29, 1.82) is 0 Å². The Morgan fingerprint density at radius 1 is 1.05 bits per heavy atom. The molecular weight excluding hydrogens is 527 g/mol. The first-order valence-electron chi connectivity index (χ1n) is 12.1. The molecule has 7 nitrogen and oxygen atoms in total. The second kappa shape index (κ2) is 9.25. The number of Topliss-reactive ketones (excluding diaryl/α,β-unsaturated/α-hetero) is 1. The van der Waals surface area contributed by atoms with Gasteiger partial charge in [-0.25, -0.2) is 22.5 Å². The fraction of sp³-hybridized carbons (Fsp3) is 0.214. The van der Waals surface area contributed by atoms with Gasteiger partial charge in [-0.3, -0.25) is 9.78 Å². The first kappa shape index (κ1) is 24.6. The van der Waals surface area contributed by atoms with Crippen LogP contribution in [0.3, 0.4) is 0 Å². The van der Waals surface area contributed by atoms with Gasteiger partial charge in [-0.2, -0.15) is 5.10 Å². The second-order valence-electron chi connectivity index (χ2n) is 9.64. The van der Waals surface area contributed by atoms with Crippen LogP contribution in [0.25, 0.3) is 11.8 Å². The van der Waals surface area contributed by atoms with Gasteiger partial charge in [0.1, 0.15) is 11.5 Å². The normalized spacial score (nSPS) is 20.8. The number of pyridine rings is 2. The lowest BCUT2D eigenvalue weighted by atomic mass is 9.61. The minimum absolute atomic E-state index is 0.00488. The van der Waals surface area contributed by atoms with Crippen LogP contribution in [-0.4, -0.2) is 39.2 Å². The molecule has 0 amide bonds. The van der Waals surface area contributed by atoms with Gasteiger partial charge in [0.15, 0.2) is 20.6 Å². The highest BCUT2D eigenvalue weighted by molar-refractivity contribution is 7.92. The molecule has 3 aromatic heterocycles. The molecule has 2 atom stereocenters. The minimum Gasteiger partial charge on any atom is -0.291 e. The number of aromatic nitrogens is 4. The number of halogens is 2. The lowest BCUT2D eigenvalue weighted by molar-refractivity contribution is 0.0796. The molecule has 2 aliphatic rings. The van der Waals surface area contributed by atoms with Crippen molar-refractivity contribution in [3.8, 4) is 5.69 Å². The van der Waals surface area contributed by atoms with Gasteiger partial charge in [0.25, 0.3) is 0 Å². The van der Waals surface area contributed by atoms with E-state index in [2.05, 4.69) is 15.1 Å². The molecule has 1 saturated carbocycles. The largest absolute Gasteiger partial charge is 0.291 e. The van der Waals surface area contributed by atoms with Gasteiger partial charge in [-0.15, -0.1) is 0 Å². The Balaban J connectivity index is 1.46. The zero-order chi connectivity index (χ0) is 26.5. The molecule has 6 rings (SSSR count). The van der Waals surface area contributed by atoms with E-state index < -0.39 is 20.5 Å². The molecule has 38 heavy (non-hydrogen) atoms. The van der Waals surface area contributed by atoms with Gasteiger partial charge < -0.3 is 0 Å². The number of carbonyl (C=O) groups excluding carboxylic acids is 1. The highest BCUT2D eigenvalue weighted by Gasteiger charge is 2.52. The molecule has 192 valence electrons. The van der Waals surface area contributed by atoms with Crippen molar-refractivity contribution >= 4 is 33.3 Å². The summed E-state index contributed by atoms with van der Waals surface area (Å²) in [5.41, 5.74) is 2.24. The zero-order valence-corrected chi connectivity index (χ0v) is 21.7. The summed E-state index contributed by atoms with van der Waals surface area (Å²) in [7, 11) is -3.78. The van der Waals surface area contributed by atoms with Crippen molar-refractivity contribution < 1.29 is 17.6 Å². The predicted molar refractivity (Wildman–Crippen MR) is 140 cm³/mol. The summed E-state index contributed by atoms with van der Waals surface area (Å²) >= 11 is 6.02. The number of allylic oxidation sites excluding steroid dienone is 1. The summed E-state index contributed by atoms with van der Waals surface area (Å²) in [6.07, 6.45) is 7.63. The van der Waals surface area contributed by atoms with Crippen LogP contribution in [-0.2, 0) is 16.3 Å². The topological polar surface area (TPSA) is 94.8 Å². The zero-order valence-electron chi connectivity index (χ0n) is 20.1. The predicted octanol–water partition coefficient (Wildman–Crippen LogP) is 5.29. The van der Waals surface area contributed by atoms with Crippen LogP contribution in [0, 0.1) is 11.2 Å². The van der Waals surface area contributed by atoms with Crippen LogP contribution in [0.2, 0.25) is 5.02 Å². The van der Waals surface area contributed by atoms with Crippen LogP contribution in [0.4, 0.5) is 4.39 Å². The number of sulfone groups is 1. The average Bonchev–Trinajstić information content (AvgIpc) is 3.34. The number of carbonyl (C=O) groups is 1. The Hall–Kier alpha value is -3.69. The third-order valence-corrected chi connectivity index (χ3v) is 9.78. The van der Waals surface area contributed by atoms with E-state index in [1.54, 1.807) is 47.3 Å². The molecule has 1 aromatic carbocycles. The molecule has 2 aliphatic carbocycles. The van der Waals surface area contributed by atoms with Gasteiger partial charge in [0, 0.05) is 12.4 Å². The Bertz CT molecular complexity index is 1670. The summed E-state index contributed by atoms with van der Waals surface area (Å²) in [6.45, 7) is 0. The Labute approximate surface area is 223 Å². The van der Waals surface area contributed by atoms with E-state index in [0.29, 0.717) is 23.6 Å². The first-order chi connectivity index (χ1) is 18.3. The van der Waals surface area contributed by atoms with E-state index in [1.807, 2.05) is 6.08 Å². The van der Waals surface area contributed by atoms with Crippen LogP contribution in [0.1, 0.15) is 41.0 Å². The molecule has 0 N–H and O–H groups in total. The third kappa shape index (κ3) is 4.06. The van der Waals surface area contributed by atoms with E-state index in [4.69, 9.17) is 11.6 Å². The molecular formula is C28H22ClFN4O3S. The van der Waals surface area contributed by atoms with E-state index in [1.165, 1.54) is 30.6 Å². The molecule has 0 radical (unpaired) electrons. The number of hydrogen-bond acceptors (Lipinski definition) is 6. The Morgan fingerprint density at radius 3 is 2.58 bits per heavy atom. The van der Waals surface area contributed by atoms with Gasteiger partial charge in [0.05, 0.1) is 33.3 Å². The number of fused-ring (bicyclic) bond motifs is 2. The quantitative estimate of drug-likeness (QED) is 0.314. The lowest BCUT2D eigenvalue weighted by Gasteiger charge is -2.43. The van der Waals surface area contributed by atoms with Gasteiger partial charge >= 0.3 is 0 Å². The average molecular weight is 549 g/mol. The van der Waals surface area contributed by atoms with Crippen molar-refractivity contribution in [2.45, 2.75) is 36.0 Å². The standard InChI is InChI=1S/C28H22ClFN4O3S/c29-20-5-11-24(32-17-20)27(35)28-14-18-16-33-34(22-8-6-21(30)7-9-22)25(18)13-19(28)4-10-23(15-28)38(36,37)26-3-1-2-12-31-26/h1-3,5-9,11-13,16-17,23H,4,10,14-15H2/t23-,28-/m0/s1. The smallest absolute Gasteiger partial charge is 0.198 e.